The van der Waals surface area contributed by atoms with Crippen LogP contribution < -0.4 is 0 Å². The number of rotatable bonds is 1. The second-order valence-corrected chi connectivity index (χ2v) is 2.90. The summed E-state index contributed by atoms with van der Waals surface area (Å²) < 4.78 is 4.43. The summed E-state index contributed by atoms with van der Waals surface area (Å²) in [5.41, 5.74) is -0.262. The van der Waals surface area contributed by atoms with E-state index in [2.05, 4.69) is 4.74 Å². The second-order valence-electron chi connectivity index (χ2n) is 2.90. The predicted molar refractivity (Wildman–Crippen MR) is 37.5 cm³/mol. The number of amides is 1. The molecule has 0 unspecified atom stereocenters. The van der Waals surface area contributed by atoms with Gasteiger partial charge in [0.25, 0.3) is 0 Å². The molecule has 1 fully saturated rings. The van der Waals surface area contributed by atoms with Crippen LogP contribution in [0.2, 0.25) is 0 Å². The lowest BCUT2D eigenvalue weighted by atomic mass is 10.3. The third kappa shape index (κ3) is 1.27. The van der Waals surface area contributed by atoms with Crippen molar-refractivity contribution in [2.24, 2.45) is 0 Å². The maximum absolute atomic E-state index is 10.9. The van der Waals surface area contributed by atoms with Gasteiger partial charge in [0.15, 0.2) is 6.19 Å². The van der Waals surface area contributed by atoms with Crippen molar-refractivity contribution in [2.45, 2.75) is 25.3 Å². The number of carbonyl (C=O) groups excluding carboxylic acids is 1. The molecule has 0 aliphatic heterocycles. The molecule has 60 valence electrons. The highest BCUT2D eigenvalue weighted by atomic mass is 16.5. The second kappa shape index (κ2) is 2.42. The highest BCUT2D eigenvalue weighted by molar-refractivity contribution is 5.71. The molecule has 1 aliphatic carbocycles. The summed E-state index contributed by atoms with van der Waals surface area (Å²) in [7, 11) is 1.28. The van der Waals surface area contributed by atoms with Gasteiger partial charge in [-0.05, 0) is 19.8 Å². The molecule has 1 amide bonds. The van der Waals surface area contributed by atoms with Crippen molar-refractivity contribution in [3.8, 4) is 6.19 Å². The first-order valence-corrected chi connectivity index (χ1v) is 3.42. The minimum Gasteiger partial charge on any atom is -0.452 e. The van der Waals surface area contributed by atoms with E-state index in [1.807, 2.05) is 13.1 Å². The molecule has 0 atom stereocenters. The molecule has 0 spiro atoms. The van der Waals surface area contributed by atoms with Gasteiger partial charge in [-0.3, -0.25) is 0 Å². The van der Waals surface area contributed by atoms with Crippen molar-refractivity contribution in [3.63, 3.8) is 0 Å². The largest absolute Gasteiger partial charge is 0.452 e. The molecule has 0 aromatic heterocycles. The van der Waals surface area contributed by atoms with E-state index in [-0.39, 0.29) is 5.54 Å². The highest BCUT2D eigenvalue weighted by Gasteiger charge is 2.47. The minimum absolute atomic E-state index is 0.262. The lowest BCUT2D eigenvalue weighted by Gasteiger charge is -2.18. The molecule has 0 bridgehead atoms. The molecule has 0 aromatic rings. The van der Waals surface area contributed by atoms with Gasteiger partial charge in [0.1, 0.15) is 0 Å². The summed E-state index contributed by atoms with van der Waals surface area (Å²) in [5, 5.41) is 8.58. The summed E-state index contributed by atoms with van der Waals surface area (Å²) in [4.78, 5) is 12.0. The molecule has 0 heterocycles. The van der Waals surface area contributed by atoms with Crippen LogP contribution in [0.5, 0.6) is 0 Å². The van der Waals surface area contributed by atoms with Gasteiger partial charge in [0.05, 0.1) is 12.6 Å². The van der Waals surface area contributed by atoms with Gasteiger partial charge in [0, 0.05) is 0 Å². The number of ether oxygens (including phenoxy) is 1. The Morgan fingerprint density at radius 1 is 1.73 bits per heavy atom. The van der Waals surface area contributed by atoms with E-state index in [0.717, 1.165) is 17.7 Å². The molecule has 0 saturated heterocycles. The van der Waals surface area contributed by atoms with Crippen LogP contribution >= 0.6 is 0 Å². The normalized spacial score (nSPS) is 18.3. The van der Waals surface area contributed by atoms with Crippen LogP contribution in [0.4, 0.5) is 4.79 Å². The Labute approximate surface area is 65.4 Å². The maximum atomic E-state index is 10.9. The number of nitrogens with zero attached hydrogens (tertiary/aromatic N) is 2. The Balaban J connectivity index is 2.66. The SMILES string of the molecule is COC(=O)N(C#N)C1(C)CC1. The summed E-state index contributed by atoms with van der Waals surface area (Å²) in [6, 6.07) is 0. The van der Waals surface area contributed by atoms with Crippen LogP contribution in [0.1, 0.15) is 19.8 Å². The number of carbonyl (C=O) groups is 1. The average Bonchev–Trinajstić information content (AvgIpc) is 2.70. The molecule has 0 N–H and O–H groups in total. The molecule has 0 radical (unpaired) electrons. The Bertz CT molecular complexity index is 215. The first-order valence-electron chi connectivity index (χ1n) is 3.42. The average molecular weight is 154 g/mol. The summed E-state index contributed by atoms with van der Waals surface area (Å²) >= 11 is 0. The Morgan fingerprint density at radius 2 is 2.27 bits per heavy atom. The van der Waals surface area contributed by atoms with E-state index in [0.29, 0.717) is 0 Å². The smallest absolute Gasteiger partial charge is 0.423 e. The van der Waals surface area contributed by atoms with Crippen LogP contribution in [-0.4, -0.2) is 23.6 Å². The summed E-state index contributed by atoms with van der Waals surface area (Å²) in [5.74, 6) is 0. The lowest BCUT2D eigenvalue weighted by molar-refractivity contribution is 0.128. The molecular formula is C7H10N2O2. The first-order chi connectivity index (χ1) is 5.14. The highest BCUT2D eigenvalue weighted by Crippen LogP contribution is 2.40. The molecule has 4 heteroatoms. The maximum Gasteiger partial charge on any atom is 0.423 e. The van der Waals surface area contributed by atoms with Gasteiger partial charge in [-0.25, -0.2) is 9.69 Å². The number of methoxy groups -OCH3 is 1. The topological polar surface area (TPSA) is 53.3 Å². The van der Waals surface area contributed by atoms with Crippen LogP contribution in [0.3, 0.4) is 0 Å². The van der Waals surface area contributed by atoms with Crippen molar-refractivity contribution in [1.82, 2.24) is 4.90 Å². The van der Waals surface area contributed by atoms with Crippen molar-refractivity contribution >= 4 is 6.09 Å². The van der Waals surface area contributed by atoms with E-state index in [1.54, 1.807) is 0 Å². The predicted octanol–water partition coefficient (Wildman–Crippen LogP) is 1.09. The monoisotopic (exact) mass is 154 g/mol. The molecule has 0 aromatic carbocycles. The minimum atomic E-state index is -0.563. The molecule has 1 aliphatic rings. The Kier molecular flexibility index (Phi) is 1.73. The fourth-order valence-electron chi connectivity index (χ4n) is 0.878. The quantitative estimate of drug-likeness (QED) is 0.419. The third-order valence-corrected chi connectivity index (χ3v) is 1.97. The van der Waals surface area contributed by atoms with E-state index in [1.165, 1.54) is 7.11 Å². The van der Waals surface area contributed by atoms with Crippen LogP contribution in [-0.2, 0) is 4.74 Å². The van der Waals surface area contributed by atoms with Crippen molar-refractivity contribution in [3.05, 3.63) is 0 Å². The molecule has 4 nitrogen and oxygen atoms in total. The Morgan fingerprint density at radius 3 is 2.55 bits per heavy atom. The zero-order valence-corrected chi connectivity index (χ0v) is 6.63. The summed E-state index contributed by atoms with van der Waals surface area (Å²) in [6.45, 7) is 1.87. The first kappa shape index (κ1) is 7.86. The zero-order chi connectivity index (χ0) is 8.48. The zero-order valence-electron chi connectivity index (χ0n) is 6.63. The molecule has 1 saturated carbocycles. The van der Waals surface area contributed by atoms with Gasteiger partial charge < -0.3 is 4.74 Å². The standard InChI is InChI=1S/C7H10N2O2/c1-7(3-4-7)9(5-8)6(10)11-2/h3-4H2,1-2H3. The third-order valence-electron chi connectivity index (χ3n) is 1.97. The van der Waals surface area contributed by atoms with Crippen molar-refractivity contribution in [2.75, 3.05) is 7.11 Å². The van der Waals surface area contributed by atoms with Crippen LogP contribution in [0, 0.1) is 11.5 Å². The number of hydrogen-bond acceptors (Lipinski definition) is 3. The van der Waals surface area contributed by atoms with Gasteiger partial charge in [-0.2, -0.15) is 5.26 Å². The Hall–Kier alpha value is -1.24. The van der Waals surface area contributed by atoms with Gasteiger partial charge in [-0.1, -0.05) is 0 Å². The van der Waals surface area contributed by atoms with E-state index in [9.17, 15) is 4.79 Å². The molecular weight excluding hydrogens is 144 g/mol. The lowest BCUT2D eigenvalue weighted by Crippen LogP contribution is -2.35. The van der Waals surface area contributed by atoms with E-state index in [4.69, 9.17) is 5.26 Å². The van der Waals surface area contributed by atoms with Gasteiger partial charge >= 0.3 is 6.09 Å². The van der Waals surface area contributed by atoms with Gasteiger partial charge in [-0.15, -0.1) is 0 Å². The van der Waals surface area contributed by atoms with E-state index < -0.39 is 6.09 Å². The van der Waals surface area contributed by atoms with Crippen molar-refractivity contribution in [1.29, 1.82) is 5.26 Å². The number of nitriles is 1. The van der Waals surface area contributed by atoms with Crippen LogP contribution in [0.15, 0.2) is 0 Å². The van der Waals surface area contributed by atoms with Crippen molar-refractivity contribution < 1.29 is 9.53 Å². The number of hydrogen-bond donors (Lipinski definition) is 0. The fraction of sp³-hybridized carbons (Fsp3) is 0.714. The van der Waals surface area contributed by atoms with E-state index >= 15 is 0 Å². The fourth-order valence-corrected chi connectivity index (χ4v) is 0.878. The van der Waals surface area contributed by atoms with Gasteiger partial charge in [0.2, 0.25) is 0 Å². The van der Waals surface area contributed by atoms with Crippen LogP contribution in [0.25, 0.3) is 0 Å². The molecule has 11 heavy (non-hydrogen) atoms. The molecule has 1 rings (SSSR count). The summed E-state index contributed by atoms with van der Waals surface area (Å²) in [6.07, 6.45) is 3.02.